The van der Waals surface area contributed by atoms with Gasteiger partial charge in [-0.15, -0.1) is 0 Å². The van der Waals surface area contributed by atoms with Crippen LogP contribution in [0.5, 0.6) is 0 Å². The number of hydrogen-bond acceptors (Lipinski definition) is 4. The molecule has 5 nitrogen and oxygen atoms in total. The maximum Gasteiger partial charge on any atom is 0.233 e. The Morgan fingerprint density at radius 1 is 1.29 bits per heavy atom. The van der Waals surface area contributed by atoms with E-state index >= 15 is 0 Å². The fourth-order valence-corrected chi connectivity index (χ4v) is 3.16. The molecule has 0 radical (unpaired) electrons. The third kappa shape index (κ3) is 4.55. The van der Waals surface area contributed by atoms with Crippen molar-refractivity contribution in [3.63, 3.8) is 0 Å². The standard InChI is InChI=1S/C14H12BrN3O2S/c15-12-4-5-14(11(9-12)10-16)18-21(19,20)8-6-13-3-1-2-7-17-13/h1-5,7,9,18H,6,8H2. The van der Waals surface area contributed by atoms with Crippen LogP contribution in [0.4, 0.5) is 5.69 Å². The lowest BCUT2D eigenvalue weighted by atomic mass is 10.2. The Bertz CT molecular complexity index is 771. The second-order valence-corrected chi connectivity index (χ2v) is 7.05. The van der Waals surface area contributed by atoms with Crippen LogP contribution in [0.2, 0.25) is 0 Å². The molecule has 1 N–H and O–H groups in total. The quantitative estimate of drug-likeness (QED) is 0.882. The van der Waals surface area contributed by atoms with Crippen molar-refractivity contribution in [2.45, 2.75) is 6.42 Å². The van der Waals surface area contributed by atoms with E-state index in [4.69, 9.17) is 5.26 Å². The van der Waals surface area contributed by atoms with Gasteiger partial charge in [0.1, 0.15) is 6.07 Å². The normalized spacial score (nSPS) is 10.9. The molecule has 0 aliphatic carbocycles. The zero-order chi connectivity index (χ0) is 15.3. The molecule has 1 aromatic carbocycles. The molecule has 0 unspecified atom stereocenters. The van der Waals surface area contributed by atoms with Gasteiger partial charge in [0.15, 0.2) is 0 Å². The van der Waals surface area contributed by atoms with Crippen molar-refractivity contribution in [1.29, 1.82) is 5.26 Å². The SMILES string of the molecule is N#Cc1cc(Br)ccc1NS(=O)(=O)CCc1ccccn1. The summed E-state index contributed by atoms with van der Waals surface area (Å²) in [6, 6.07) is 12.1. The van der Waals surface area contributed by atoms with Crippen LogP contribution in [0.3, 0.4) is 0 Å². The molecule has 2 aromatic rings. The van der Waals surface area contributed by atoms with Crippen molar-refractivity contribution in [1.82, 2.24) is 4.98 Å². The number of nitrogens with one attached hydrogen (secondary N) is 1. The fraction of sp³-hybridized carbons (Fsp3) is 0.143. The van der Waals surface area contributed by atoms with Crippen LogP contribution < -0.4 is 4.72 Å². The van der Waals surface area contributed by atoms with Crippen LogP contribution in [0.25, 0.3) is 0 Å². The summed E-state index contributed by atoms with van der Waals surface area (Å²) in [4.78, 5) is 4.08. The van der Waals surface area contributed by atoms with Gasteiger partial charge in [-0.3, -0.25) is 9.71 Å². The van der Waals surface area contributed by atoms with Crippen LogP contribution in [0, 0.1) is 11.3 Å². The number of nitriles is 1. The molecule has 0 amide bonds. The Balaban J connectivity index is 2.10. The Kier molecular flexibility index (Phi) is 4.94. The van der Waals surface area contributed by atoms with Gasteiger partial charge >= 0.3 is 0 Å². The molecule has 0 saturated carbocycles. The molecular weight excluding hydrogens is 354 g/mol. The van der Waals surface area contributed by atoms with E-state index in [1.165, 1.54) is 0 Å². The average Bonchev–Trinajstić information content (AvgIpc) is 2.48. The molecule has 1 aromatic heterocycles. The second-order valence-electron chi connectivity index (χ2n) is 4.29. The molecule has 0 bridgehead atoms. The van der Waals surface area contributed by atoms with Gasteiger partial charge < -0.3 is 0 Å². The van der Waals surface area contributed by atoms with Crippen LogP contribution in [0.15, 0.2) is 47.1 Å². The highest BCUT2D eigenvalue weighted by molar-refractivity contribution is 9.10. The van der Waals surface area contributed by atoms with E-state index in [1.807, 2.05) is 12.1 Å². The largest absolute Gasteiger partial charge is 0.282 e. The second kappa shape index (κ2) is 6.70. The fourth-order valence-electron chi connectivity index (χ4n) is 1.70. The molecule has 0 aliphatic heterocycles. The number of rotatable bonds is 5. The smallest absolute Gasteiger partial charge is 0.233 e. The number of aryl methyl sites for hydroxylation is 1. The molecular formula is C14H12BrN3O2S. The Labute approximate surface area is 131 Å². The molecule has 0 atom stereocenters. The summed E-state index contributed by atoms with van der Waals surface area (Å²) < 4.78 is 27.3. The first-order valence-corrected chi connectivity index (χ1v) is 8.55. The molecule has 21 heavy (non-hydrogen) atoms. The minimum absolute atomic E-state index is 0.0923. The maximum absolute atomic E-state index is 12.1. The highest BCUT2D eigenvalue weighted by Gasteiger charge is 2.13. The van der Waals surface area contributed by atoms with E-state index in [-0.39, 0.29) is 17.0 Å². The van der Waals surface area contributed by atoms with Gasteiger partial charge in [-0.2, -0.15) is 5.26 Å². The monoisotopic (exact) mass is 365 g/mol. The number of halogens is 1. The summed E-state index contributed by atoms with van der Waals surface area (Å²) >= 11 is 3.24. The summed E-state index contributed by atoms with van der Waals surface area (Å²) in [6.07, 6.45) is 1.94. The van der Waals surface area contributed by atoms with Crippen molar-refractivity contribution in [2.24, 2.45) is 0 Å². The van der Waals surface area contributed by atoms with Gasteiger partial charge in [-0.1, -0.05) is 22.0 Å². The topological polar surface area (TPSA) is 82.9 Å². The average molecular weight is 366 g/mol. The van der Waals surface area contributed by atoms with Gasteiger partial charge in [0.25, 0.3) is 0 Å². The number of aromatic nitrogens is 1. The molecule has 0 saturated heterocycles. The summed E-state index contributed by atoms with van der Waals surface area (Å²) in [6.45, 7) is 0. The summed E-state index contributed by atoms with van der Waals surface area (Å²) in [5.74, 6) is -0.0923. The van der Waals surface area contributed by atoms with Crippen LogP contribution in [-0.2, 0) is 16.4 Å². The zero-order valence-corrected chi connectivity index (χ0v) is 13.4. The molecule has 0 aliphatic rings. The van der Waals surface area contributed by atoms with Crippen molar-refractivity contribution in [2.75, 3.05) is 10.5 Å². The van der Waals surface area contributed by atoms with E-state index in [2.05, 4.69) is 25.6 Å². The van der Waals surface area contributed by atoms with E-state index in [9.17, 15) is 8.42 Å². The minimum atomic E-state index is -3.53. The molecule has 7 heteroatoms. The highest BCUT2D eigenvalue weighted by atomic mass is 79.9. The van der Waals surface area contributed by atoms with E-state index < -0.39 is 10.0 Å². The van der Waals surface area contributed by atoms with Gasteiger partial charge in [0, 0.05) is 22.8 Å². The zero-order valence-electron chi connectivity index (χ0n) is 11.0. The predicted molar refractivity (Wildman–Crippen MR) is 84.2 cm³/mol. The van der Waals surface area contributed by atoms with E-state index in [0.717, 1.165) is 4.47 Å². The van der Waals surface area contributed by atoms with Crippen molar-refractivity contribution < 1.29 is 8.42 Å². The first-order valence-electron chi connectivity index (χ1n) is 6.10. The highest BCUT2D eigenvalue weighted by Crippen LogP contribution is 2.21. The summed E-state index contributed by atoms with van der Waals surface area (Å²) in [5.41, 5.74) is 1.26. The molecule has 108 valence electrons. The number of hydrogen-bond donors (Lipinski definition) is 1. The molecule has 2 rings (SSSR count). The number of pyridine rings is 1. The lowest BCUT2D eigenvalue weighted by Gasteiger charge is -2.09. The Hall–Kier alpha value is -1.91. The van der Waals surface area contributed by atoms with Crippen LogP contribution >= 0.6 is 15.9 Å². The van der Waals surface area contributed by atoms with Crippen molar-refractivity contribution >= 4 is 31.6 Å². The lowest BCUT2D eigenvalue weighted by molar-refractivity contribution is 0.600. The molecule has 1 heterocycles. The van der Waals surface area contributed by atoms with Crippen LogP contribution in [-0.4, -0.2) is 19.2 Å². The van der Waals surface area contributed by atoms with E-state index in [1.54, 1.807) is 36.5 Å². The van der Waals surface area contributed by atoms with Gasteiger partial charge in [-0.05, 0) is 30.3 Å². The minimum Gasteiger partial charge on any atom is -0.282 e. The number of benzene rings is 1. The molecule has 0 spiro atoms. The third-order valence-corrected chi connectivity index (χ3v) is 4.49. The summed E-state index contributed by atoms with van der Waals surface area (Å²) in [7, 11) is -3.53. The van der Waals surface area contributed by atoms with E-state index in [0.29, 0.717) is 12.1 Å². The molecule has 0 fully saturated rings. The Morgan fingerprint density at radius 2 is 2.10 bits per heavy atom. The first-order chi connectivity index (χ1) is 10.00. The van der Waals surface area contributed by atoms with Gasteiger partial charge in [0.2, 0.25) is 10.0 Å². The van der Waals surface area contributed by atoms with Gasteiger partial charge in [-0.25, -0.2) is 8.42 Å². The summed E-state index contributed by atoms with van der Waals surface area (Å²) in [5, 5.41) is 9.03. The number of sulfonamides is 1. The maximum atomic E-state index is 12.1. The third-order valence-electron chi connectivity index (χ3n) is 2.72. The predicted octanol–water partition coefficient (Wildman–Crippen LogP) is 2.70. The van der Waals surface area contributed by atoms with Gasteiger partial charge in [0.05, 0.1) is 17.0 Å². The van der Waals surface area contributed by atoms with Crippen LogP contribution in [0.1, 0.15) is 11.3 Å². The van der Waals surface area contributed by atoms with Crippen molar-refractivity contribution in [3.8, 4) is 6.07 Å². The Morgan fingerprint density at radius 3 is 2.76 bits per heavy atom. The first kappa shape index (κ1) is 15.5. The number of nitrogens with zero attached hydrogens (tertiary/aromatic N) is 2. The van der Waals surface area contributed by atoms with Crippen molar-refractivity contribution in [3.05, 3.63) is 58.3 Å². The lowest BCUT2D eigenvalue weighted by Crippen LogP contribution is -2.19. The number of anilines is 1.